The van der Waals surface area contributed by atoms with E-state index in [2.05, 4.69) is 15.4 Å². The summed E-state index contributed by atoms with van der Waals surface area (Å²) in [4.78, 5) is 16.3. The third kappa shape index (κ3) is 3.28. The molecule has 1 N–H and O–H groups in total. The van der Waals surface area contributed by atoms with Gasteiger partial charge >= 0.3 is 0 Å². The number of rotatable bonds is 3. The van der Waals surface area contributed by atoms with Gasteiger partial charge in [0.15, 0.2) is 5.82 Å². The number of anilines is 1. The van der Waals surface area contributed by atoms with Crippen molar-refractivity contribution in [2.24, 2.45) is 13.0 Å². The van der Waals surface area contributed by atoms with Gasteiger partial charge in [-0.1, -0.05) is 0 Å². The molecule has 21 heavy (non-hydrogen) atoms. The fourth-order valence-electron chi connectivity index (χ4n) is 2.37. The Labute approximate surface area is 123 Å². The van der Waals surface area contributed by atoms with Gasteiger partial charge in [-0.05, 0) is 37.1 Å². The smallest absolute Gasteiger partial charge is 0.229 e. The number of amides is 1. The molecule has 1 aromatic carbocycles. The van der Waals surface area contributed by atoms with Crippen molar-refractivity contribution in [3.8, 4) is 11.4 Å². The Balaban J connectivity index is 1.65. The molecule has 110 valence electrons. The molecule has 3 rings (SSSR count). The average molecular weight is 286 g/mol. The lowest BCUT2D eigenvalue weighted by Crippen LogP contribution is -2.30. The van der Waals surface area contributed by atoms with Crippen LogP contribution >= 0.6 is 0 Å². The van der Waals surface area contributed by atoms with Crippen LogP contribution in [0.2, 0.25) is 0 Å². The molecule has 1 atom stereocenters. The van der Waals surface area contributed by atoms with Gasteiger partial charge in [-0.15, -0.1) is 0 Å². The molecule has 1 saturated heterocycles. The van der Waals surface area contributed by atoms with Gasteiger partial charge in [-0.3, -0.25) is 9.48 Å². The molecule has 2 aromatic rings. The predicted octanol–water partition coefficient (Wildman–Crippen LogP) is 1.85. The number of hydrogen-bond acceptors (Lipinski definition) is 4. The number of nitrogens with one attached hydrogen (secondary N) is 1. The highest BCUT2D eigenvalue weighted by Crippen LogP contribution is 2.20. The number of carbonyl (C=O) groups is 1. The molecule has 6 heteroatoms. The molecule has 6 nitrogen and oxygen atoms in total. The van der Waals surface area contributed by atoms with Crippen LogP contribution in [0.4, 0.5) is 5.69 Å². The van der Waals surface area contributed by atoms with Gasteiger partial charge in [-0.25, -0.2) is 4.98 Å². The van der Waals surface area contributed by atoms with Gasteiger partial charge in [0.2, 0.25) is 5.91 Å². The van der Waals surface area contributed by atoms with E-state index in [9.17, 15) is 4.79 Å². The summed E-state index contributed by atoms with van der Waals surface area (Å²) in [5.74, 6) is 0.658. The molecule has 1 aliphatic rings. The highest BCUT2D eigenvalue weighted by Gasteiger charge is 2.21. The molecular weight excluding hydrogens is 268 g/mol. The summed E-state index contributed by atoms with van der Waals surface area (Å²) in [6.45, 7) is 1.28. The van der Waals surface area contributed by atoms with Crippen molar-refractivity contribution in [1.29, 1.82) is 0 Å². The minimum Gasteiger partial charge on any atom is -0.381 e. The second-order valence-corrected chi connectivity index (χ2v) is 5.22. The number of aromatic nitrogens is 3. The highest BCUT2D eigenvalue weighted by atomic mass is 16.5. The van der Waals surface area contributed by atoms with Gasteiger partial charge in [0.25, 0.3) is 0 Å². The zero-order chi connectivity index (χ0) is 14.7. The first-order valence-corrected chi connectivity index (χ1v) is 7.07. The quantitative estimate of drug-likeness (QED) is 0.935. The van der Waals surface area contributed by atoms with Crippen molar-refractivity contribution in [3.05, 3.63) is 30.6 Å². The average Bonchev–Trinajstić information content (AvgIpc) is 2.95. The summed E-state index contributed by atoms with van der Waals surface area (Å²) in [5, 5.41) is 7.18. The fraction of sp³-hybridized carbons (Fsp3) is 0.400. The molecule has 0 aliphatic carbocycles. The molecule has 0 saturated carbocycles. The Hall–Kier alpha value is -2.21. The number of ether oxygens (including phenoxy) is 1. The summed E-state index contributed by atoms with van der Waals surface area (Å²) in [6.07, 6.45) is 3.50. The molecule has 1 aromatic heterocycles. The summed E-state index contributed by atoms with van der Waals surface area (Å²) in [5.41, 5.74) is 1.71. The maximum Gasteiger partial charge on any atom is 0.229 e. The molecular formula is C15H18N4O2. The van der Waals surface area contributed by atoms with Crippen LogP contribution in [0.3, 0.4) is 0 Å². The van der Waals surface area contributed by atoms with Crippen LogP contribution in [-0.4, -0.2) is 33.9 Å². The monoisotopic (exact) mass is 286 g/mol. The Morgan fingerprint density at radius 3 is 2.81 bits per heavy atom. The molecule has 2 heterocycles. The van der Waals surface area contributed by atoms with Crippen molar-refractivity contribution < 1.29 is 9.53 Å². The number of carbonyl (C=O) groups excluding carboxylic acids is 1. The van der Waals surface area contributed by atoms with Crippen LogP contribution in [-0.2, 0) is 16.6 Å². The van der Waals surface area contributed by atoms with Gasteiger partial charge in [0, 0.05) is 24.9 Å². The van der Waals surface area contributed by atoms with E-state index in [1.54, 1.807) is 11.0 Å². The lowest BCUT2D eigenvalue weighted by atomic mass is 10.0. The van der Waals surface area contributed by atoms with E-state index in [1.807, 2.05) is 31.3 Å². The third-order valence-electron chi connectivity index (χ3n) is 3.54. The lowest BCUT2D eigenvalue weighted by Gasteiger charge is -2.21. The maximum absolute atomic E-state index is 12.1. The van der Waals surface area contributed by atoms with Gasteiger partial charge < -0.3 is 10.1 Å². The Morgan fingerprint density at radius 2 is 2.19 bits per heavy atom. The van der Waals surface area contributed by atoms with Crippen LogP contribution in [0.25, 0.3) is 11.4 Å². The summed E-state index contributed by atoms with van der Waals surface area (Å²) in [6, 6.07) is 7.55. The second-order valence-electron chi connectivity index (χ2n) is 5.22. The fourth-order valence-corrected chi connectivity index (χ4v) is 2.37. The standard InChI is InChI=1S/C15H18N4O2/c1-19-10-16-14(18-19)11-4-6-13(7-5-11)17-15(20)12-3-2-8-21-9-12/h4-7,10,12H,2-3,8-9H2,1H3,(H,17,20)/t12-/m1/s1. The van der Waals surface area contributed by atoms with Gasteiger partial charge in [-0.2, -0.15) is 5.10 Å². The predicted molar refractivity (Wildman–Crippen MR) is 78.6 cm³/mol. The second kappa shape index (κ2) is 6.05. The SMILES string of the molecule is Cn1cnc(-c2ccc(NC(=O)[C@@H]3CCCOC3)cc2)n1. The van der Waals surface area contributed by atoms with Crippen LogP contribution in [0.15, 0.2) is 30.6 Å². The van der Waals surface area contributed by atoms with E-state index in [0.717, 1.165) is 30.7 Å². The molecule has 0 bridgehead atoms. The zero-order valence-electron chi connectivity index (χ0n) is 12.0. The first-order valence-electron chi connectivity index (χ1n) is 7.07. The number of nitrogens with zero attached hydrogens (tertiary/aromatic N) is 3. The van der Waals surface area contributed by atoms with Gasteiger partial charge in [0.1, 0.15) is 6.33 Å². The van der Waals surface area contributed by atoms with E-state index in [4.69, 9.17) is 4.74 Å². The molecule has 0 radical (unpaired) electrons. The van der Waals surface area contributed by atoms with Crippen LogP contribution < -0.4 is 5.32 Å². The molecule has 0 spiro atoms. The van der Waals surface area contributed by atoms with E-state index < -0.39 is 0 Å². The molecule has 0 unspecified atom stereocenters. The summed E-state index contributed by atoms with van der Waals surface area (Å²) in [7, 11) is 1.83. The zero-order valence-corrected chi connectivity index (χ0v) is 12.0. The lowest BCUT2D eigenvalue weighted by molar-refractivity contribution is -0.123. The minimum atomic E-state index is -0.0455. The molecule has 1 fully saturated rings. The van der Waals surface area contributed by atoms with Crippen molar-refractivity contribution in [2.75, 3.05) is 18.5 Å². The molecule has 1 aliphatic heterocycles. The minimum absolute atomic E-state index is 0.0263. The van der Waals surface area contributed by atoms with E-state index in [0.29, 0.717) is 12.4 Å². The molecule has 1 amide bonds. The summed E-state index contributed by atoms with van der Waals surface area (Å²) < 4.78 is 7.00. The van der Waals surface area contributed by atoms with Crippen molar-refractivity contribution >= 4 is 11.6 Å². The first-order chi connectivity index (χ1) is 10.2. The Kier molecular flexibility index (Phi) is 3.96. The number of hydrogen-bond donors (Lipinski definition) is 1. The highest BCUT2D eigenvalue weighted by molar-refractivity contribution is 5.92. The maximum atomic E-state index is 12.1. The van der Waals surface area contributed by atoms with E-state index >= 15 is 0 Å². The summed E-state index contributed by atoms with van der Waals surface area (Å²) >= 11 is 0. The van der Waals surface area contributed by atoms with E-state index in [1.165, 1.54) is 0 Å². The first kappa shape index (κ1) is 13.8. The largest absolute Gasteiger partial charge is 0.381 e. The van der Waals surface area contributed by atoms with Crippen LogP contribution in [0.1, 0.15) is 12.8 Å². The topological polar surface area (TPSA) is 69.0 Å². The van der Waals surface area contributed by atoms with E-state index in [-0.39, 0.29) is 11.8 Å². The van der Waals surface area contributed by atoms with Crippen LogP contribution in [0.5, 0.6) is 0 Å². The van der Waals surface area contributed by atoms with Crippen molar-refractivity contribution in [1.82, 2.24) is 14.8 Å². The Morgan fingerprint density at radius 1 is 1.38 bits per heavy atom. The Bertz CT molecular complexity index is 615. The van der Waals surface area contributed by atoms with Crippen molar-refractivity contribution in [2.45, 2.75) is 12.8 Å². The third-order valence-corrected chi connectivity index (χ3v) is 3.54. The normalized spacial score (nSPS) is 18.4. The van der Waals surface area contributed by atoms with Gasteiger partial charge in [0.05, 0.1) is 12.5 Å². The number of benzene rings is 1. The van der Waals surface area contributed by atoms with Crippen LogP contribution in [0, 0.1) is 5.92 Å². The van der Waals surface area contributed by atoms with Crippen molar-refractivity contribution in [3.63, 3.8) is 0 Å². The number of aryl methyl sites for hydroxylation is 1.